The molecule has 2 aliphatic rings. The number of nitrogens with zero attached hydrogens (tertiary/aromatic N) is 1. The highest BCUT2D eigenvalue weighted by Crippen LogP contribution is 2.19. The Hall–Kier alpha value is -1.03. The Kier molecular flexibility index (Phi) is 5.05. The van der Waals surface area contributed by atoms with Crippen molar-refractivity contribution in [2.24, 2.45) is 0 Å². The van der Waals surface area contributed by atoms with Crippen molar-refractivity contribution in [2.45, 2.75) is 51.5 Å². The van der Waals surface area contributed by atoms with Crippen LogP contribution in [0.2, 0.25) is 0 Å². The molecule has 4 heteroatoms. The Labute approximate surface area is 109 Å². The quantitative estimate of drug-likeness (QED) is 0.821. The number of carbonyl (C=O) groups is 1. The lowest BCUT2D eigenvalue weighted by Gasteiger charge is -2.34. The van der Waals surface area contributed by atoms with Crippen LogP contribution in [0, 0.1) is 0 Å². The van der Waals surface area contributed by atoms with Crippen molar-refractivity contribution in [1.29, 1.82) is 0 Å². The summed E-state index contributed by atoms with van der Waals surface area (Å²) in [5.74, 6) is 0. The van der Waals surface area contributed by atoms with Gasteiger partial charge in [-0.2, -0.15) is 0 Å². The minimum absolute atomic E-state index is 0.0699. The molecule has 2 saturated heterocycles. The second-order valence-electron chi connectivity index (χ2n) is 5.12. The number of nitrogens with one attached hydrogen (secondary N) is 1. The molecule has 0 spiro atoms. The highest BCUT2D eigenvalue weighted by Gasteiger charge is 2.24. The predicted octanol–water partition coefficient (Wildman–Crippen LogP) is 2.65. The molecule has 0 saturated carbocycles. The van der Waals surface area contributed by atoms with Crippen molar-refractivity contribution < 1.29 is 9.53 Å². The molecule has 0 bridgehead atoms. The maximum atomic E-state index is 12.1. The number of ether oxygens (including phenoxy) is 1. The van der Waals surface area contributed by atoms with Crippen molar-refractivity contribution in [1.82, 2.24) is 10.2 Å². The van der Waals surface area contributed by atoms with Gasteiger partial charge < -0.3 is 15.0 Å². The summed E-state index contributed by atoms with van der Waals surface area (Å²) in [6, 6.07) is 0.493. The highest BCUT2D eigenvalue weighted by atomic mass is 16.5. The van der Waals surface area contributed by atoms with Gasteiger partial charge in [0, 0.05) is 18.8 Å². The molecule has 0 aromatic heterocycles. The number of piperidine rings is 1. The van der Waals surface area contributed by atoms with E-state index in [1.54, 1.807) is 0 Å². The van der Waals surface area contributed by atoms with Gasteiger partial charge in [-0.05, 0) is 44.1 Å². The van der Waals surface area contributed by atoms with E-state index in [4.69, 9.17) is 4.74 Å². The molecule has 2 heterocycles. The highest BCUT2D eigenvalue weighted by molar-refractivity contribution is 5.75. The number of urea groups is 1. The topological polar surface area (TPSA) is 41.6 Å². The Bertz CT molecular complexity index is 307. The number of hydrogen-bond donors (Lipinski definition) is 1. The van der Waals surface area contributed by atoms with Crippen LogP contribution in [-0.2, 0) is 4.74 Å². The van der Waals surface area contributed by atoms with Gasteiger partial charge >= 0.3 is 6.03 Å². The van der Waals surface area contributed by atoms with Crippen LogP contribution in [0.4, 0.5) is 4.79 Å². The second kappa shape index (κ2) is 6.78. The average Bonchev–Trinajstić information content (AvgIpc) is 2.45. The Morgan fingerprint density at radius 3 is 2.94 bits per heavy atom. The average molecular weight is 252 g/mol. The van der Waals surface area contributed by atoms with Crippen molar-refractivity contribution in [2.75, 3.05) is 19.8 Å². The molecular weight excluding hydrogens is 228 g/mol. The van der Waals surface area contributed by atoms with Crippen LogP contribution in [0.3, 0.4) is 0 Å². The summed E-state index contributed by atoms with van der Waals surface area (Å²) >= 11 is 0. The zero-order valence-electron chi connectivity index (χ0n) is 11.3. The summed E-state index contributed by atoms with van der Waals surface area (Å²) in [6.45, 7) is 4.62. The summed E-state index contributed by atoms with van der Waals surface area (Å²) in [5.41, 5.74) is 1.29. The molecule has 1 unspecified atom stereocenters. The fourth-order valence-electron chi connectivity index (χ4n) is 2.72. The number of amides is 2. The van der Waals surface area contributed by atoms with Gasteiger partial charge in [0.05, 0.1) is 13.2 Å². The van der Waals surface area contributed by atoms with Gasteiger partial charge in [-0.1, -0.05) is 6.92 Å². The van der Waals surface area contributed by atoms with Gasteiger partial charge in [-0.25, -0.2) is 4.79 Å². The van der Waals surface area contributed by atoms with Gasteiger partial charge in [0.15, 0.2) is 0 Å². The first-order valence-corrected chi connectivity index (χ1v) is 7.14. The fraction of sp³-hybridized carbons (Fsp3) is 0.786. The van der Waals surface area contributed by atoms with Crippen LogP contribution in [0.15, 0.2) is 11.8 Å². The lowest BCUT2D eigenvalue weighted by atomic mass is 10.0. The summed E-state index contributed by atoms with van der Waals surface area (Å²) in [4.78, 5) is 14.1. The van der Waals surface area contributed by atoms with E-state index in [1.165, 1.54) is 12.0 Å². The molecule has 0 aliphatic carbocycles. The number of hydrogen-bond acceptors (Lipinski definition) is 2. The van der Waals surface area contributed by atoms with Crippen LogP contribution >= 0.6 is 0 Å². The van der Waals surface area contributed by atoms with Crippen LogP contribution < -0.4 is 5.32 Å². The molecule has 1 N–H and O–H groups in total. The predicted molar refractivity (Wildman–Crippen MR) is 71.3 cm³/mol. The molecular formula is C14H24N2O2. The number of carbonyl (C=O) groups excluding carboxylic acids is 1. The second-order valence-corrected chi connectivity index (χ2v) is 5.12. The van der Waals surface area contributed by atoms with Crippen LogP contribution in [-0.4, -0.2) is 36.7 Å². The molecule has 0 aromatic rings. The standard InChI is InChI=1S/C14H24N2O2/c1-2-13-5-3-4-8-16(13)14(17)15-11-12-6-9-18-10-7-12/h11,13H,2-10H2,1H3,(H,15,17). The molecule has 2 rings (SSSR count). The van der Waals surface area contributed by atoms with Gasteiger partial charge in [-0.15, -0.1) is 0 Å². The number of rotatable bonds is 2. The van der Waals surface area contributed by atoms with Crippen molar-refractivity contribution in [3.8, 4) is 0 Å². The van der Waals surface area contributed by atoms with Crippen LogP contribution in [0.25, 0.3) is 0 Å². The van der Waals surface area contributed by atoms with Crippen molar-refractivity contribution >= 4 is 6.03 Å². The molecule has 4 nitrogen and oxygen atoms in total. The molecule has 18 heavy (non-hydrogen) atoms. The van der Waals surface area contributed by atoms with E-state index >= 15 is 0 Å². The van der Waals surface area contributed by atoms with E-state index in [0.717, 1.165) is 51.9 Å². The third-order valence-corrected chi connectivity index (χ3v) is 3.89. The van der Waals surface area contributed by atoms with E-state index in [1.807, 2.05) is 11.1 Å². The first-order valence-electron chi connectivity index (χ1n) is 7.14. The van der Waals surface area contributed by atoms with E-state index in [0.29, 0.717) is 6.04 Å². The molecule has 102 valence electrons. The van der Waals surface area contributed by atoms with E-state index in [2.05, 4.69) is 12.2 Å². The van der Waals surface area contributed by atoms with Crippen molar-refractivity contribution in [3.63, 3.8) is 0 Å². The first kappa shape index (κ1) is 13.4. The zero-order valence-corrected chi connectivity index (χ0v) is 11.3. The van der Waals surface area contributed by atoms with Gasteiger partial charge in [0.1, 0.15) is 0 Å². The molecule has 2 fully saturated rings. The summed E-state index contributed by atoms with van der Waals surface area (Å²) in [7, 11) is 0. The lowest BCUT2D eigenvalue weighted by molar-refractivity contribution is 0.118. The first-order chi connectivity index (χ1) is 8.81. The monoisotopic (exact) mass is 252 g/mol. The SMILES string of the molecule is CCC1CCCCN1C(=O)NC=C1CCOCC1. The smallest absolute Gasteiger partial charge is 0.321 e. The third kappa shape index (κ3) is 3.48. The minimum atomic E-state index is 0.0699. The maximum absolute atomic E-state index is 12.1. The van der Waals surface area contributed by atoms with Gasteiger partial charge in [0.25, 0.3) is 0 Å². The van der Waals surface area contributed by atoms with Crippen molar-refractivity contribution in [3.05, 3.63) is 11.8 Å². The molecule has 1 atom stereocenters. The van der Waals surface area contributed by atoms with Gasteiger partial charge in [0.2, 0.25) is 0 Å². The fourth-order valence-corrected chi connectivity index (χ4v) is 2.72. The number of likely N-dealkylation sites (tertiary alicyclic amines) is 1. The van der Waals surface area contributed by atoms with Crippen LogP contribution in [0.1, 0.15) is 45.4 Å². The molecule has 2 aliphatic heterocycles. The summed E-state index contributed by atoms with van der Waals surface area (Å²) < 4.78 is 5.29. The molecule has 2 amide bonds. The summed E-state index contributed by atoms with van der Waals surface area (Å²) in [5, 5.41) is 2.96. The van der Waals surface area contributed by atoms with Gasteiger partial charge in [-0.3, -0.25) is 0 Å². The Morgan fingerprint density at radius 1 is 1.44 bits per heavy atom. The Morgan fingerprint density at radius 2 is 2.22 bits per heavy atom. The van der Waals surface area contributed by atoms with E-state index < -0.39 is 0 Å². The minimum Gasteiger partial charge on any atom is -0.381 e. The van der Waals surface area contributed by atoms with E-state index in [9.17, 15) is 4.79 Å². The molecule has 0 aromatic carbocycles. The lowest BCUT2D eigenvalue weighted by Crippen LogP contribution is -2.47. The normalized spacial score (nSPS) is 24.8. The van der Waals surface area contributed by atoms with E-state index in [-0.39, 0.29) is 6.03 Å². The maximum Gasteiger partial charge on any atom is 0.321 e. The molecule has 0 radical (unpaired) electrons. The largest absolute Gasteiger partial charge is 0.381 e. The Balaban J connectivity index is 1.86. The zero-order chi connectivity index (χ0) is 12.8. The van der Waals surface area contributed by atoms with Crippen LogP contribution in [0.5, 0.6) is 0 Å². The third-order valence-electron chi connectivity index (χ3n) is 3.89. The summed E-state index contributed by atoms with van der Waals surface area (Å²) in [6.07, 6.45) is 8.36.